The van der Waals surface area contributed by atoms with Gasteiger partial charge >= 0.3 is 0 Å². The van der Waals surface area contributed by atoms with E-state index in [1.807, 2.05) is 18.2 Å². The van der Waals surface area contributed by atoms with E-state index in [-0.39, 0.29) is 11.3 Å². The molecule has 0 saturated heterocycles. The van der Waals surface area contributed by atoms with E-state index in [1.165, 1.54) is 0 Å². The zero-order chi connectivity index (χ0) is 9.05. The van der Waals surface area contributed by atoms with Crippen LogP contribution >= 0.6 is 11.6 Å². The van der Waals surface area contributed by atoms with E-state index in [0.717, 1.165) is 24.1 Å². The number of carbonyl (C=O) groups is 1. The summed E-state index contributed by atoms with van der Waals surface area (Å²) in [5, 5.41) is 3.50. The predicted octanol–water partition coefficient (Wildman–Crippen LogP) is 2.32. The maximum Gasteiger partial charge on any atom is 0.235 e. The minimum Gasteiger partial charge on any atom is -0.324 e. The summed E-state index contributed by atoms with van der Waals surface area (Å²) >= 11 is 5.98. The van der Waals surface area contributed by atoms with E-state index in [0.29, 0.717) is 5.02 Å². The lowest BCUT2D eigenvalue weighted by Crippen LogP contribution is -2.18. The van der Waals surface area contributed by atoms with E-state index in [9.17, 15) is 4.79 Å². The number of amides is 1. The third-order valence-corrected chi connectivity index (χ3v) is 3.27. The van der Waals surface area contributed by atoms with E-state index in [2.05, 4.69) is 5.32 Å². The van der Waals surface area contributed by atoms with Crippen LogP contribution in [0.4, 0.5) is 5.69 Å². The molecule has 66 valence electrons. The summed E-state index contributed by atoms with van der Waals surface area (Å²) in [7, 11) is 0. The van der Waals surface area contributed by atoms with Gasteiger partial charge in [-0.15, -0.1) is 0 Å². The molecule has 1 aliphatic carbocycles. The van der Waals surface area contributed by atoms with Crippen LogP contribution < -0.4 is 5.32 Å². The van der Waals surface area contributed by atoms with Crippen molar-refractivity contribution in [1.82, 2.24) is 0 Å². The van der Waals surface area contributed by atoms with Crippen LogP contribution in [0.3, 0.4) is 0 Å². The first-order valence-electron chi connectivity index (χ1n) is 4.34. The molecule has 1 saturated carbocycles. The number of halogens is 1. The molecule has 2 aliphatic rings. The highest BCUT2D eigenvalue weighted by molar-refractivity contribution is 6.35. The molecule has 1 amide bonds. The summed E-state index contributed by atoms with van der Waals surface area (Å²) in [5.74, 6) is 0.121. The van der Waals surface area contributed by atoms with Gasteiger partial charge in [0.15, 0.2) is 0 Å². The van der Waals surface area contributed by atoms with Crippen LogP contribution in [-0.4, -0.2) is 5.91 Å². The van der Waals surface area contributed by atoms with Gasteiger partial charge in [-0.3, -0.25) is 4.79 Å². The van der Waals surface area contributed by atoms with Gasteiger partial charge in [-0.2, -0.15) is 0 Å². The second-order valence-electron chi connectivity index (χ2n) is 3.70. The normalized spacial score (nSPS) is 21.5. The Hall–Kier alpha value is -1.02. The van der Waals surface area contributed by atoms with Gasteiger partial charge in [-0.05, 0) is 24.5 Å². The second kappa shape index (κ2) is 2.07. The Kier molecular flexibility index (Phi) is 1.18. The van der Waals surface area contributed by atoms with Crippen molar-refractivity contribution < 1.29 is 4.79 Å². The number of benzene rings is 1. The molecule has 0 radical (unpaired) electrons. The molecule has 1 N–H and O–H groups in total. The van der Waals surface area contributed by atoms with Gasteiger partial charge in [0.25, 0.3) is 0 Å². The smallest absolute Gasteiger partial charge is 0.235 e. The Morgan fingerprint density at radius 2 is 2.15 bits per heavy atom. The zero-order valence-electron chi connectivity index (χ0n) is 6.93. The molecule has 0 aromatic heterocycles. The maximum atomic E-state index is 11.6. The molecule has 3 heteroatoms. The topological polar surface area (TPSA) is 29.1 Å². The Labute approximate surface area is 80.9 Å². The van der Waals surface area contributed by atoms with E-state index in [4.69, 9.17) is 11.6 Å². The number of hydrogen-bond acceptors (Lipinski definition) is 1. The molecule has 1 aromatic rings. The molecule has 3 rings (SSSR count). The van der Waals surface area contributed by atoms with Crippen LogP contribution in [0.1, 0.15) is 18.4 Å². The highest BCUT2D eigenvalue weighted by Crippen LogP contribution is 2.56. The average Bonchev–Trinajstić information content (AvgIpc) is 2.83. The lowest BCUT2D eigenvalue weighted by Gasteiger charge is -2.03. The monoisotopic (exact) mass is 193 g/mol. The summed E-state index contributed by atoms with van der Waals surface area (Å²) in [4.78, 5) is 11.6. The minimum atomic E-state index is -0.208. The van der Waals surface area contributed by atoms with Gasteiger partial charge in [0.05, 0.1) is 16.1 Å². The van der Waals surface area contributed by atoms with Crippen LogP contribution in [0, 0.1) is 0 Å². The Bertz CT molecular complexity index is 409. The molecule has 2 nitrogen and oxygen atoms in total. The van der Waals surface area contributed by atoms with Crippen molar-refractivity contribution in [2.75, 3.05) is 5.32 Å². The molecule has 13 heavy (non-hydrogen) atoms. The fourth-order valence-electron chi connectivity index (χ4n) is 2.03. The fourth-order valence-corrected chi connectivity index (χ4v) is 2.25. The highest BCUT2D eigenvalue weighted by Gasteiger charge is 2.56. The fraction of sp³-hybridized carbons (Fsp3) is 0.300. The van der Waals surface area contributed by atoms with Crippen LogP contribution in [0.25, 0.3) is 0 Å². The first kappa shape index (κ1) is 7.39. The minimum absolute atomic E-state index is 0.121. The molecule has 0 bridgehead atoms. The number of carbonyl (C=O) groups excluding carboxylic acids is 1. The van der Waals surface area contributed by atoms with Crippen molar-refractivity contribution in [3.63, 3.8) is 0 Å². The Morgan fingerprint density at radius 1 is 1.38 bits per heavy atom. The third-order valence-electron chi connectivity index (χ3n) is 2.95. The number of rotatable bonds is 0. The van der Waals surface area contributed by atoms with Crippen LogP contribution in [0.5, 0.6) is 0 Å². The number of fused-ring (bicyclic) bond motifs is 2. The first-order chi connectivity index (χ1) is 6.24. The summed E-state index contributed by atoms with van der Waals surface area (Å²) in [5.41, 5.74) is 1.71. The van der Waals surface area contributed by atoms with Crippen molar-refractivity contribution in [3.8, 4) is 0 Å². The first-order valence-corrected chi connectivity index (χ1v) is 4.72. The zero-order valence-corrected chi connectivity index (χ0v) is 7.69. The van der Waals surface area contributed by atoms with Crippen molar-refractivity contribution in [2.24, 2.45) is 0 Å². The number of para-hydroxylation sites is 1. The number of hydrogen-bond donors (Lipinski definition) is 1. The van der Waals surface area contributed by atoms with Gasteiger partial charge in [-0.25, -0.2) is 0 Å². The van der Waals surface area contributed by atoms with Gasteiger partial charge in [0.1, 0.15) is 0 Å². The standard InChI is InChI=1S/C10H8ClNO/c11-7-3-1-2-6-8(7)12-9(13)10(6)4-5-10/h1-3H,4-5H2,(H,12,13). The quantitative estimate of drug-likeness (QED) is 0.673. The summed E-state index contributed by atoms with van der Waals surface area (Å²) in [6, 6.07) is 5.70. The molecule has 1 aromatic carbocycles. The van der Waals surface area contributed by atoms with Crippen molar-refractivity contribution in [2.45, 2.75) is 18.3 Å². The second-order valence-corrected chi connectivity index (χ2v) is 4.11. The van der Waals surface area contributed by atoms with Crippen molar-refractivity contribution in [1.29, 1.82) is 0 Å². The molecular formula is C10H8ClNO. The maximum absolute atomic E-state index is 11.6. The largest absolute Gasteiger partial charge is 0.324 e. The third kappa shape index (κ3) is 0.767. The van der Waals surface area contributed by atoms with Crippen molar-refractivity contribution in [3.05, 3.63) is 28.8 Å². The van der Waals surface area contributed by atoms with Crippen LogP contribution in [0.2, 0.25) is 5.02 Å². The average molecular weight is 194 g/mol. The molecule has 0 atom stereocenters. The molecule has 0 unspecified atom stereocenters. The molecular weight excluding hydrogens is 186 g/mol. The SMILES string of the molecule is O=C1Nc2c(Cl)cccc2C12CC2. The lowest BCUT2D eigenvalue weighted by molar-refractivity contribution is -0.117. The molecule has 1 heterocycles. The van der Waals surface area contributed by atoms with Gasteiger partial charge in [0, 0.05) is 0 Å². The Morgan fingerprint density at radius 3 is 2.85 bits per heavy atom. The van der Waals surface area contributed by atoms with E-state index in [1.54, 1.807) is 0 Å². The molecule has 1 aliphatic heterocycles. The van der Waals surface area contributed by atoms with Crippen LogP contribution in [-0.2, 0) is 10.2 Å². The number of nitrogens with one attached hydrogen (secondary N) is 1. The predicted molar refractivity (Wildman–Crippen MR) is 51.0 cm³/mol. The van der Waals surface area contributed by atoms with E-state index >= 15 is 0 Å². The molecule has 1 spiro atoms. The Balaban J connectivity index is 2.28. The van der Waals surface area contributed by atoms with Gasteiger partial charge in [0.2, 0.25) is 5.91 Å². The highest BCUT2D eigenvalue weighted by atomic mass is 35.5. The van der Waals surface area contributed by atoms with Crippen molar-refractivity contribution >= 4 is 23.2 Å². The summed E-state index contributed by atoms with van der Waals surface area (Å²) < 4.78 is 0. The summed E-state index contributed by atoms with van der Waals surface area (Å²) in [6.45, 7) is 0. The van der Waals surface area contributed by atoms with Crippen LogP contribution in [0.15, 0.2) is 18.2 Å². The summed E-state index contributed by atoms with van der Waals surface area (Å²) in [6.07, 6.45) is 1.93. The van der Waals surface area contributed by atoms with Gasteiger partial charge < -0.3 is 5.32 Å². The van der Waals surface area contributed by atoms with E-state index < -0.39 is 0 Å². The molecule has 1 fully saturated rings. The number of anilines is 1. The van der Waals surface area contributed by atoms with Gasteiger partial charge in [-0.1, -0.05) is 23.7 Å². The lowest BCUT2D eigenvalue weighted by atomic mass is 9.98.